The Morgan fingerprint density at radius 1 is 1.44 bits per heavy atom. The Morgan fingerprint density at radius 3 is 2.88 bits per heavy atom. The Hall–Kier alpha value is -1.75. The van der Waals surface area contributed by atoms with Crippen LogP contribution in [-0.4, -0.2) is 23.0 Å². The fourth-order valence-electron chi connectivity index (χ4n) is 1.29. The van der Waals surface area contributed by atoms with E-state index in [4.69, 9.17) is 0 Å². The SMILES string of the molecule is COC(=O)c1ccnc(-c2sccc2C)n1. The molecule has 0 saturated heterocycles. The average molecular weight is 234 g/mol. The van der Waals surface area contributed by atoms with Crippen molar-refractivity contribution in [3.05, 3.63) is 35.0 Å². The first kappa shape index (κ1) is 10.8. The van der Waals surface area contributed by atoms with Gasteiger partial charge in [-0.3, -0.25) is 0 Å². The molecule has 0 aliphatic carbocycles. The number of carbonyl (C=O) groups excluding carboxylic acids is 1. The third-order valence-corrected chi connectivity index (χ3v) is 3.13. The van der Waals surface area contributed by atoms with Crippen LogP contribution in [0, 0.1) is 6.92 Å². The van der Waals surface area contributed by atoms with Crippen molar-refractivity contribution in [2.45, 2.75) is 6.92 Å². The van der Waals surface area contributed by atoms with Crippen molar-refractivity contribution in [1.29, 1.82) is 0 Å². The Kier molecular flexibility index (Phi) is 2.96. The average Bonchev–Trinajstić information content (AvgIpc) is 2.74. The summed E-state index contributed by atoms with van der Waals surface area (Å²) in [6.45, 7) is 1.99. The van der Waals surface area contributed by atoms with Crippen LogP contribution in [-0.2, 0) is 4.74 Å². The molecule has 2 aromatic heterocycles. The fourth-order valence-corrected chi connectivity index (χ4v) is 2.15. The number of hydrogen-bond donors (Lipinski definition) is 0. The summed E-state index contributed by atoms with van der Waals surface area (Å²) in [4.78, 5) is 20.6. The van der Waals surface area contributed by atoms with Crippen molar-refractivity contribution in [1.82, 2.24) is 9.97 Å². The van der Waals surface area contributed by atoms with Crippen molar-refractivity contribution >= 4 is 17.3 Å². The minimum atomic E-state index is -0.446. The minimum Gasteiger partial charge on any atom is -0.464 e. The van der Waals surface area contributed by atoms with Crippen LogP contribution in [0.2, 0.25) is 0 Å². The zero-order valence-electron chi connectivity index (χ0n) is 8.93. The van der Waals surface area contributed by atoms with Crippen LogP contribution in [0.3, 0.4) is 0 Å². The molecule has 82 valence electrons. The van der Waals surface area contributed by atoms with Crippen LogP contribution < -0.4 is 0 Å². The topological polar surface area (TPSA) is 52.1 Å². The Morgan fingerprint density at radius 2 is 2.25 bits per heavy atom. The highest BCUT2D eigenvalue weighted by atomic mass is 32.1. The summed E-state index contributed by atoms with van der Waals surface area (Å²) in [6.07, 6.45) is 1.56. The summed E-state index contributed by atoms with van der Waals surface area (Å²) in [7, 11) is 1.33. The van der Waals surface area contributed by atoms with E-state index in [-0.39, 0.29) is 5.69 Å². The molecule has 0 spiro atoms. The molecule has 0 bridgehead atoms. The lowest BCUT2D eigenvalue weighted by Gasteiger charge is -2.01. The molecule has 4 nitrogen and oxygen atoms in total. The molecule has 0 N–H and O–H groups in total. The molecule has 5 heteroatoms. The van der Waals surface area contributed by atoms with E-state index < -0.39 is 5.97 Å². The van der Waals surface area contributed by atoms with Gasteiger partial charge in [-0.25, -0.2) is 14.8 Å². The molecule has 0 amide bonds. The summed E-state index contributed by atoms with van der Waals surface area (Å²) in [5, 5.41) is 1.97. The van der Waals surface area contributed by atoms with Gasteiger partial charge in [0.15, 0.2) is 11.5 Å². The number of thiophene rings is 1. The van der Waals surface area contributed by atoms with Gasteiger partial charge in [0.25, 0.3) is 0 Å². The van der Waals surface area contributed by atoms with E-state index in [9.17, 15) is 4.79 Å². The van der Waals surface area contributed by atoms with Crippen LogP contribution >= 0.6 is 11.3 Å². The summed E-state index contributed by atoms with van der Waals surface area (Å²) < 4.78 is 4.61. The van der Waals surface area contributed by atoms with Crippen LogP contribution in [0.25, 0.3) is 10.7 Å². The standard InChI is InChI=1S/C11H10N2O2S/c1-7-4-6-16-9(7)10-12-5-3-8(13-10)11(14)15-2/h3-6H,1-2H3. The van der Waals surface area contributed by atoms with Gasteiger partial charge in [-0.2, -0.15) is 0 Å². The molecule has 0 fully saturated rings. The zero-order valence-corrected chi connectivity index (χ0v) is 9.75. The smallest absolute Gasteiger partial charge is 0.356 e. The molecule has 0 saturated carbocycles. The van der Waals surface area contributed by atoms with E-state index in [2.05, 4.69) is 14.7 Å². The van der Waals surface area contributed by atoms with Crippen molar-refractivity contribution in [3.63, 3.8) is 0 Å². The highest BCUT2D eigenvalue weighted by Gasteiger charge is 2.11. The van der Waals surface area contributed by atoms with Crippen LogP contribution in [0.15, 0.2) is 23.7 Å². The number of hydrogen-bond acceptors (Lipinski definition) is 5. The first-order valence-corrected chi connectivity index (χ1v) is 5.56. The molecule has 2 aromatic rings. The summed E-state index contributed by atoms with van der Waals surface area (Å²) in [5.74, 6) is 0.119. The highest BCUT2D eigenvalue weighted by molar-refractivity contribution is 7.13. The first-order valence-electron chi connectivity index (χ1n) is 4.68. The largest absolute Gasteiger partial charge is 0.464 e. The van der Waals surface area contributed by atoms with Gasteiger partial charge >= 0.3 is 5.97 Å². The van der Waals surface area contributed by atoms with Gasteiger partial charge in [0.2, 0.25) is 0 Å². The maximum absolute atomic E-state index is 11.3. The predicted octanol–water partition coefficient (Wildman–Crippen LogP) is 2.30. The maximum Gasteiger partial charge on any atom is 0.356 e. The van der Waals surface area contributed by atoms with Crippen LogP contribution in [0.1, 0.15) is 16.1 Å². The predicted molar refractivity (Wildman–Crippen MR) is 61.4 cm³/mol. The molecular weight excluding hydrogens is 224 g/mol. The second-order valence-corrected chi connectivity index (χ2v) is 4.11. The maximum atomic E-state index is 11.3. The molecule has 0 atom stereocenters. The fraction of sp³-hybridized carbons (Fsp3) is 0.182. The zero-order chi connectivity index (χ0) is 11.5. The van der Waals surface area contributed by atoms with Crippen molar-refractivity contribution in [2.24, 2.45) is 0 Å². The first-order chi connectivity index (χ1) is 7.72. The second kappa shape index (κ2) is 4.40. The van der Waals surface area contributed by atoms with E-state index in [0.29, 0.717) is 5.82 Å². The second-order valence-electron chi connectivity index (χ2n) is 3.19. The number of aryl methyl sites for hydroxylation is 1. The lowest BCUT2D eigenvalue weighted by molar-refractivity contribution is 0.0594. The van der Waals surface area contributed by atoms with Gasteiger partial charge in [0.05, 0.1) is 12.0 Å². The van der Waals surface area contributed by atoms with Gasteiger partial charge in [-0.15, -0.1) is 11.3 Å². The molecule has 0 aromatic carbocycles. The third kappa shape index (κ3) is 1.94. The van der Waals surface area contributed by atoms with Crippen LogP contribution in [0.4, 0.5) is 0 Å². The highest BCUT2D eigenvalue weighted by Crippen LogP contribution is 2.25. The van der Waals surface area contributed by atoms with E-state index in [1.54, 1.807) is 17.5 Å². The molecule has 0 aliphatic heterocycles. The van der Waals surface area contributed by atoms with Crippen LogP contribution in [0.5, 0.6) is 0 Å². The lowest BCUT2D eigenvalue weighted by Crippen LogP contribution is -2.05. The quantitative estimate of drug-likeness (QED) is 0.748. The number of rotatable bonds is 2. The van der Waals surface area contributed by atoms with Gasteiger partial charge in [-0.1, -0.05) is 0 Å². The molecule has 2 heterocycles. The van der Waals surface area contributed by atoms with Gasteiger partial charge in [0.1, 0.15) is 0 Å². The van der Waals surface area contributed by atoms with Crippen molar-refractivity contribution in [3.8, 4) is 10.7 Å². The molecule has 0 radical (unpaired) electrons. The van der Waals surface area contributed by atoms with E-state index in [0.717, 1.165) is 10.4 Å². The van der Waals surface area contributed by atoms with Crippen molar-refractivity contribution in [2.75, 3.05) is 7.11 Å². The monoisotopic (exact) mass is 234 g/mol. The number of carbonyl (C=O) groups is 1. The summed E-state index contributed by atoms with van der Waals surface area (Å²) in [6, 6.07) is 3.53. The number of esters is 1. The number of aromatic nitrogens is 2. The van der Waals surface area contributed by atoms with Gasteiger partial charge < -0.3 is 4.74 Å². The summed E-state index contributed by atoms with van der Waals surface area (Å²) in [5.41, 5.74) is 1.38. The Bertz CT molecular complexity index is 522. The number of methoxy groups -OCH3 is 1. The van der Waals surface area contributed by atoms with E-state index in [1.165, 1.54) is 13.2 Å². The summed E-state index contributed by atoms with van der Waals surface area (Å²) >= 11 is 1.55. The normalized spacial score (nSPS) is 10.1. The number of nitrogens with zero attached hydrogens (tertiary/aromatic N) is 2. The Labute approximate surface area is 96.9 Å². The molecule has 2 rings (SSSR count). The molecular formula is C11H10N2O2S. The van der Waals surface area contributed by atoms with E-state index in [1.807, 2.05) is 18.4 Å². The van der Waals surface area contributed by atoms with E-state index >= 15 is 0 Å². The minimum absolute atomic E-state index is 0.278. The third-order valence-electron chi connectivity index (χ3n) is 2.12. The van der Waals surface area contributed by atoms with Crippen molar-refractivity contribution < 1.29 is 9.53 Å². The molecule has 16 heavy (non-hydrogen) atoms. The molecule has 0 aliphatic rings. The Balaban J connectivity index is 2.44. The molecule has 0 unspecified atom stereocenters. The lowest BCUT2D eigenvalue weighted by atomic mass is 10.3. The van der Waals surface area contributed by atoms with Gasteiger partial charge in [0, 0.05) is 6.20 Å². The van der Waals surface area contributed by atoms with Gasteiger partial charge in [-0.05, 0) is 30.0 Å². The number of ether oxygens (including phenoxy) is 1.